The summed E-state index contributed by atoms with van der Waals surface area (Å²) in [7, 11) is -11.3. The summed E-state index contributed by atoms with van der Waals surface area (Å²) in [4.78, 5) is 24.5. The van der Waals surface area contributed by atoms with Crippen LogP contribution in [0.25, 0.3) is 33.4 Å². The molecule has 0 saturated carbocycles. The van der Waals surface area contributed by atoms with Crippen LogP contribution in [0.2, 0.25) is 0 Å². The van der Waals surface area contributed by atoms with Gasteiger partial charge in [0.2, 0.25) is 0 Å². The molecule has 0 radical (unpaired) electrons. The highest BCUT2D eigenvalue weighted by Gasteiger charge is 2.37. The van der Waals surface area contributed by atoms with Crippen molar-refractivity contribution >= 4 is 71.9 Å². The number of carbonyl (C=O) groups is 2. The maximum Gasteiger partial charge on any atom is 0.407 e. The summed E-state index contributed by atoms with van der Waals surface area (Å²) in [6, 6.07) is 28.3. The van der Waals surface area contributed by atoms with Crippen molar-refractivity contribution in [2.75, 3.05) is 30.8 Å². The van der Waals surface area contributed by atoms with Gasteiger partial charge in [0.25, 0.3) is 20.0 Å². The van der Waals surface area contributed by atoms with E-state index in [1.165, 1.54) is 29.3 Å². The second kappa shape index (κ2) is 26.8. The Morgan fingerprint density at radius 3 is 1.91 bits per heavy atom. The van der Waals surface area contributed by atoms with Gasteiger partial charge in [-0.25, -0.2) is 49.0 Å². The molecule has 1 amide bonds. The van der Waals surface area contributed by atoms with Crippen LogP contribution in [0.15, 0.2) is 133 Å². The summed E-state index contributed by atoms with van der Waals surface area (Å²) in [6.07, 6.45) is 5.86. The number of hydrogen-bond acceptors (Lipinski definition) is 12. The second-order valence-corrected chi connectivity index (χ2v) is 23.3. The Morgan fingerprint density at radius 2 is 1.29 bits per heavy atom. The number of esters is 1. The van der Waals surface area contributed by atoms with Crippen molar-refractivity contribution in [1.29, 1.82) is 0 Å². The fourth-order valence-corrected chi connectivity index (χ4v) is 13.2. The fourth-order valence-electron chi connectivity index (χ4n) is 9.05. The van der Waals surface area contributed by atoms with Crippen LogP contribution < -0.4 is 20.1 Å². The minimum absolute atomic E-state index is 0.0472. The number of amides is 1. The fraction of sp³-hybridized carbons (Fsp3) is 0.305. The summed E-state index contributed by atoms with van der Waals surface area (Å²) >= 11 is 0.265. The number of benzene rings is 6. The summed E-state index contributed by atoms with van der Waals surface area (Å²) < 4.78 is 138. The lowest BCUT2D eigenvalue weighted by Gasteiger charge is -2.20. The number of thioether (sulfide) groups is 1. The Hall–Kier alpha value is -7.00. The molecule has 1 aliphatic heterocycles. The van der Waals surface area contributed by atoms with Crippen LogP contribution in [0.3, 0.4) is 0 Å². The number of para-hydroxylation sites is 2. The first-order chi connectivity index (χ1) is 37.8. The van der Waals surface area contributed by atoms with Crippen molar-refractivity contribution < 1.29 is 57.9 Å². The average molecular weight is 1140 g/mol. The molecule has 1 heterocycles. The number of anilines is 2. The highest BCUT2D eigenvalue weighted by Crippen LogP contribution is 2.44. The SMILES string of the molecule is C=C(C)C(=O)OCCNC(=O)OCCCSc1c(F)c(F)c(S(=O)(=O)NS(=O)(=O)c2ccccc2-c2c3ccc(=Nc4c(CCC)cccc4CCC)cc-3oc3cc(Nc4c(CCC)cccc4CCC)ccc23)c(F)c1F. The Morgan fingerprint density at radius 1 is 0.684 bits per heavy atom. The standard InChI is InChI=1S/C59H62F4N4O9S3/c1-7-16-37-20-13-21-38(17-8-2)54(37)65-41-26-28-43-46(34-41)76-47-35-42(66-55-39(18-9-3)22-14-23-40(55)19-10-4)27-29-44(47)49(43)45-24-11-12-25-48(45)78(70,71)67-79(72,73)57-52(62)50(60)56(51(61)53(57)63)77-33-15-31-75-59(69)64-30-32-74-58(68)36(5)6/h11-14,20-29,34-35,65,67H,5,7-10,15-19,30-33H2,1-4,6H3,(H,64,69). The van der Waals surface area contributed by atoms with Crippen molar-refractivity contribution in [3.63, 3.8) is 0 Å². The molecule has 0 spiro atoms. The molecule has 1 aliphatic carbocycles. The minimum Gasteiger partial charge on any atom is -0.460 e. The second-order valence-electron chi connectivity index (χ2n) is 18.7. The molecule has 0 saturated heterocycles. The number of aryl methyl sites for hydroxylation is 4. The van der Waals surface area contributed by atoms with Gasteiger partial charge in [-0.15, -0.1) is 15.9 Å². The quantitative estimate of drug-likeness (QED) is 0.00942. The van der Waals surface area contributed by atoms with Gasteiger partial charge >= 0.3 is 12.1 Å². The van der Waals surface area contributed by atoms with Gasteiger partial charge in [-0.1, -0.05) is 115 Å². The molecule has 13 nitrogen and oxygen atoms in total. The van der Waals surface area contributed by atoms with Crippen LogP contribution in [0.1, 0.15) is 89.0 Å². The minimum atomic E-state index is -5.95. The van der Waals surface area contributed by atoms with Gasteiger partial charge in [0.05, 0.1) is 34.0 Å². The van der Waals surface area contributed by atoms with E-state index >= 15 is 17.6 Å². The lowest BCUT2D eigenvalue weighted by molar-refractivity contribution is -0.138. The van der Waals surface area contributed by atoms with E-state index in [0.29, 0.717) is 33.3 Å². The first-order valence-electron chi connectivity index (χ1n) is 26.0. The van der Waals surface area contributed by atoms with E-state index < -0.39 is 70.1 Å². The van der Waals surface area contributed by atoms with Crippen molar-refractivity contribution in [2.45, 2.75) is 107 Å². The third kappa shape index (κ3) is 14.1. The number of nitrogens with one attached hydrogen (secondary N) is 3. The predicted molar refractivity (Wildman–Crippen MR) is 300 cm³/mol. The van der Waals surface area contributed by atoms with Gasteiger partial charge in [-0.05, 0) is 91.6 Å². The van der Waals surface area contributed by atoms with Crippen molar-refractivity contribution in [3.8, 4) is 22.5 Å². The van der Waals surface area contributed by atoms with Crippen molar-refractivity contribution in [2.24, 2.45) is 4.99 Å². The Kier molecular flexibility index (Phi) is 20.2. The zero-order chi connectivity index (χ0) is 57.0. The molecule has 5 aromatic carbocycles. The number of fused-ring (bicyclic) bond motifs is 2. The van der Waals surface area contributed by atoms with E-state index in [0.717, 1.165) is 91.1 Å². The van der Waals surface area contributed by atoms with Gasteiger partial charge in [-0.2, -0.15) is 0 Å². The lowest BCUT2D eigenvalue weighted by atomic mass is 9.93. The molecule has 79 heavy (non-hydrogen) atoms. The molecule has 418 valence electrons. The predicted octanol–water partition coefficient (Wildman–Crippen LogP) is 13.5. The zero-order valence-electron chi connectivity index (χ0n) is 44.5. The van der Waals surface area contributed by atoms with Gasteiger partial charge in [0.15, 0.2) is 28.2 Å². The van der Waals surface area contributed by atoms with E-state index in [2.05, 4.69) is 69.2 Å². The molecular weight excluding hydrogens is 1080 g/mol. The lowest BCUT2D eigenvalue weighted by Crippen LogP contribution is -2.33. The summed E-state index contributed by atoms with van der Waals surface area (Å²) in [5, 5.41) is 6.89. The topological polar surface area (TPSA) is 182 Å². The zero-order valence-corrected chi connectivity index (χ0v) is 46.9. The van der Waals surface area contributed by atoms with Crippen LogP contribution in [-0.2, 0) is 60.0 Å². The molecule has 7 rings (SSSR count). The summed E-state index contributed by atoms with van der Waals surface area (Å²) in [5.41, 5.74) is 7.99. The number of alkyl carbamates (subject to hydrolysis) is 1. The van der Waals surface area contributed by atoms with E-state index in [1.807, 2.05) is 18.2 Å². The number of ether oxygens (including phenoxy) is 2. The van der Waals surface area contributed by atoms with Gasteiger partial charge in [0.1, 0.15) is 18.0 Å². The van der Waals surface area contributed by atoms with Gasteiger partial charge in [0, 0.05) is 56.9 Å². The number of sulfonamides is 2. The van der Waals surface area contributed by atoms with Crippen molar-refractivity contribution in [1.82, 2.24) is 9.44 Å². The number of nitrogens with zero attached hydrogens (tertiary/aromatic N) is 1. The largest absolute Gasteiger partial charge is 0.460 e. The van der Waals surface area contributed by atoms with Gasteiger partial charge in [-0.3, -0.25) is 0 Å². The van der Waals surface area contributed by atoms with Crippen LogP contribution in [0, 0.1) is 23.3 Å². The third-order valence-electron chi connectivity index (χ3n) is 12.6. The molecule has 0 unspecified atom stereocenters. The monoisotopic (exact) mass is 1140 g/mol. The van der Waals surface area contributed by atoms with Crippen LogP contribution in [0.4, 0.5) is 39.4 Å². The normalized spacial score (nSPS) is 12.0. The molecule has 2 aliphatic rings. The Bertz CT molecular complexity index is 3610. The number of halogens is 4. The summed E-state index contributed by atoms with van der Waals surface area (Å²) in [5.74, 6) is -9.56. The highest BCUT2D eigenvalue weighted by atomic mass is 32.3. The Balaban J connectivity index is 1.26. The number of rotatable bonds is 25. The molecule has 0 fully saturated rings. The van der Waals surface area contributed by atoms with Crippen LogP contribution in [-0.4, -0.2) is 54.4 Å². The molecular formula is C59H62F4N4O9S3. The number of hydrogen-bond donors (Lipinski definition) is 3. The first kappa shape index (κ1) is 59.7. The van der Waals surface area contributed by atoms with Gasteiger partial charge < -0.3 is 24.5 Å². The maximum absolute atomic E-state index is 15.8. The summed E-state index contributed by atoms with van der Waals surface area (Å²) in [6.45, 7) is 12.7. The average Bonchev–Trinajstić information content (AvgIpc) is 3.51. The first-order valence-corrected chi connectivity index (χ1v) is 29.9. The molecule has 20 heteroatoms. The molecule has 3 N–H and O–H groups in total. The van der Waals surface area contributed by atoms with E-state index in [4.69, 9.17) is 18.9 Å². The molecule has 0 bridgehead atoms. The van der Waals surface area contributed by atoms with E-state index in [1.54, 1.807) is 30.3 Å². The van der Waals surface area contributed by atoms with E-state index in [9.17, 15) is 26.4 Å². The van der Waals surface area contributed by atoms with E-state index in [-0.39, 0.29) is 60.4 Å². The maximum atomic E-state index is 15.8. The molecule has 0 atom stereocenters. The van der Waals surface area contributed by atoms with Crippen LogP contribution in [0.5, 0.6) is 0 Å². The van der Waals surface area contributed by atoms with Crippen molar-refractivity contribution in [3.05, 3.63) is 160 Å². The number of carbonyl (C=O) groups excluding carboxylic acids is 2. The smallest absolute Gasteiger partial charge is 0.407 e. The molecule has 0 aromatic heterocycles. The third-order valence-corrected chi connectivity index (χ3v) is 17.3. The Labute approximate surface area is 462 Å². The highest BCUT2D eigenvalue weighted by molar-refractivity contribution is 8.04. The van der Waals surface area contributed by atoms with Crippen LogP contribution >= 0.6 is 11.8 Å². The molecule has 5 aromatic rings.